The van der Waals surface area contributed by atoms with Crippen molar-refractivity contribution in [2.45, 2.75) is 5.92 Å². The smallest absolute Gasteiger partial charge is 0.144 e. The summed E-state index contributed by atoms with van der Waals surface area (Å²) in [5, 5.41) is 18.8. The molecule has 0 heterocycles. The van der Waals surface area contributed by atoms with Crippen LogP contribution in [0.25, 0.3) is 0 Å². The number of nitriles is 2. The summed E-state index contributed by atoms with van der Waals surface area (Å²) in [4.78, 5) is 4.05. The molecule has 0 aromatic heterocycles. The van der Waals surface area contributed by atoms with E-state index in [2.05, 4.69) is 12.1 Å². The highest BCUT2D eigenvalue weighted by Crippen LogP contribution is 2.33. The van der Waals surface area contributed by atoms with Crippen molar-refractivity contribution in [1.82, 2.24) is 0 Å². The van der Waals surface area contributed by atoms with Gasteiger partial charge in [-0.1, -0.05) is 24.3 Å². The second-order valence-electron chi connectivity index (χ2n) is 6.19. The lowest BCUT2D eigenvalue weighted by Crippen LogP contribution is -2.13. The van der Waals surface area contributed by atoms with Gasteiger partial charge in [0.25, 0.3) is 0 Å². The molecule has 0 aliphatic rings. The van der Waals surface area contributed by atoms with Crippen LogP contribution < -0.4 is 9.80 Å². The molecule has 0 amide bonds. The summed E-state index contributed by atoms with van der Waals surface area (Å²) in [7, 11) is 7.94. The van der Waals surface area contributed by atoms with Gasteiger partial charge in [0, 0.05) is 45.5 Å². The number of nitrogens with zero attached hydrogens (tertiary/aromatic N) is 4. The maximum Gasteiger partial charge on any atom is 0.144 e. The average molecular weight is 318 g/mol. The van der Waals surface area contributed by atoms with Crippen molar-refractivity contribution >= 4 is 11.4 Å². The maximum atomic E-state index is 9.42. The monoisotopic (exact) mass is 318 g/mol. The lowest BCUT2D eigenvalue weighted by molar-refractivity contribution is 0.709. The van der Waals surface area contributed by atoms with Gasteiger partial charge < -0.3 is 9.80 Å². The Balaban J connectivity index is 2.45. The molecule has 0 unspecified atom stereocenters. The van der Waals surface area contributed by atoms with Crippen LogP contribution in [0.2, 0.25) is 0 Å². The van der Waals surface area contributed by atoms with E-state index in [0.717, 1.165) is 22.5 Å². The molecule has 0 N–H and O–H groups in total. The maximum absolute atomic E-state index is 9.42. The lowest BCUT2D eigenvalue weighted by Gasteiger charge is -2.21. The van der Waals surface area contributed by atoms with Gasteiger partial charge in [0.2, 0.25) is 0 Å². The van der Waals surface area contributed by atoms with Gasteiger partial charge in [0.15, 0.2) is 0 Å². The minimum atomic E-state index is -0.722. The molecule has 0 spiro atoms. The SMILES string of the molecule is CN(C)c1ccc(C(c2ccc(N(C)C)cc2)C(C#N)C#N)cc1. The van der Waals surface area contributed by atoms with Crippen LogP contribution in [-0.4, -0.2) is 28.2 Å². The van der Waals surface area contributed by atoms with Crippen LogP contribution in [0, 0.1) is 28.6 Å². The van der Waals surface area contributed by atoms with E-state index in [1.807, 2.05) is 86.5 Å². The molecule has 0 saturated carbocycles. The Kier molecular flexibility index (Phi) is 5.45. The van der Waals surface area contributed by atoms with Crippen LogP contribution in [0.15, 0.2) is 48.5 Å². The van der Waals surface area contributed by atoms with Crippen LogP contribution in [0.1, 0.15) is 17.0 Å². The minimum absolute atomic E-state index is 0.257. The van der Waals surface area contributed by atoms with Crippen LogP contribution in [0.5, 0.6) is 0 Å². The highest BCUT2D eigenvalue weighted by molar-refractivity contribution is 5.51. The topological polar surface area (TPSA) is 54.1 Å². The van der Waals surface area contributed by atoms with E-state index >= 15 is 0 Å². The summed E-state index contributed by atoms with van der Waals surface area (Å²) < 4.78 is 0. The molecule has 0 bridgehead atoms. The Labute approximate surface area is 144 Å². The van der Waals surface area contributed by atoms with E-state index in [1.165, 1.54) is 0 Å². The summed E-state index contributed by atoms with van der Waals surface area (Å²) >= 11 is 0. The van der Waals surface area contributed by atoms with Gasteiger partial charge in [-0.3, -0.25) is 0 Å². The van der Waals surface area contributed by atoms with Crippen LogP contribution >= 0.6 is 0 Å². The fourth-order valence-corrected chi connectivity index (χ4v) is 2.71. The molecule has 0 fully saturated rings. The molecular formula is C20H22N4. The number of hydrogen-bond acceptors (Lipinski definition) is 4. The number of rotatable bonds is 5. The normalized spacial score (nSPS) is 10.3. The molecule has 2 rings (SSSR count). The molecule has 2 aromatic rings. The number of benzene rings is 2. The first-order valence-electron chi connectivity index (χ1n) is 7.81. The van der Waals surface area contributed by atoms with E-state index in [1.54, 1.807) is 0 Å². The first-order chi connectivity index (χ1) is 11.5. The van der Waals surface area contributed by atoms with Gasteiger partial charge in [0.05, 0.1) is 12.1 Å². The molecule has 4 nitrogen and oxygen atoms in total. The third-order valence-corrected chi connectivity index (χ3v) is 4.15. The highest BCUT2D eigenvalue weighted by Gasteiger charge is 2.25. The Morgan fingerprint density at radius 3 is 1.25 bits per heavy atom. The third-order valence-electron chi connectivity index (χ3n) is 4.15. The summed E-state index contributed by atoms with van der Waals surface area (Å²) in [6, 6.07) is 20.4. The van der Waals surface area contributed by atoms with Crippen LogP contribution in [-0.2, 0) is 0 Å². The van der Waals surface area contributed by atoms with Gasteiger partial charge >= 0.3 is 0 Å². The first-order valence-corrected chi connectivity index (χ1v) is 7.81. The van der Waals surface area contributed by atoms with E-state index in [4.69, 9.17) is 0 Å². The molecule has 0 radical (unpaired) electrons. The highest BCUT2D eigenvalue weighted by atomic mass is 15.1. The molecule has 0 atom stereocenters. The van der Waals surface area contributed by atoms with Crippen molar-refractivity contribution < 1.29 is 0 Å². The van der Waals surface area contributed by atoms with Crippen molar-refractivity contribution in [3.63, 3.8) is 0 Å². The molecular weight excluding hydrogens is 296 g/mol. The zero-order valence-corrected chi connectivity index (χ0v) is 14.6. The van der Waals surface area contributed by atoms with Crippen molar-refractivity contribution in [1.29, 1.82) is 10.5 Å². The van der Waals surface area contributed by atoms with Gasteiger partial charge in [-0.25, -0.2) is 0 Å². The zero-order valence-electron chi connectivity index (χ0n) is 14.6. The first kappa shape index (κ1) is 17.4. The van der Waals surface area contributed by atoms with Crippen molar-refractivity contribution in [3.05, 3.63) is 59.7 Å². The quantitative estimate of drug-likeness (QED) is 0.845. The standard InChI is InChI=1S/C20H22N4/c1-23(2)18-9-5-15(6-10-18)20(17(13-21)14-22)16-7-11-19(12-8-16)24(3)4/h5-12,17,20H,1-4H3. The molecule has 4 heteroatoms. The fourth-order valence-electron chi connectivity index (χ4n) is 2.71. The second-order valence-corrected chi connectivity index (χ2v) is 6.19. The molecule has 122 valence electrons. The predicted molar refractivity (Wildman–Crippen MR) is 98.1 cm³/mol. The average Bonchev–Trinajstić information content (AvgIpc) is 2.59. The molecule has 0 aliphatic heterocycles. The summed E-state index contributed by atoms with van der Waals surface area (Å²) in [5.74, 6) is -0.979. The largest absolute Gasteiger partial charge is 0.378 e. The van der Waals surface area contributed by atoms with Crippen molar-refractivity contribution in [2.75, 3.05) is 38.0 Å². The molecule has 24 heavy (non-hydrogen) atoms. The van der Waals surface area contributed by atoms with E-state index in [0.29, 0.717) is 0 Å². The van der Waals surface area contributed by atoms with E-state index < -0.39 is 5.92 Å². The van der Waals surface area contributed by atoms with E-state index in [9.17, 15) is 10.5 Å². The summed E-state index contributed by atoms with van der Waals surface area (Å²) in [6.07, 6.45) is 0. The van der Waals surface area contributed by atoms with Crippen LogP contribution in [0.4, 0.5) is 11.4 Å². The second kappa shape index (κ2) is 7.53. The zero-order chi connectivity index (χ0) is 17.7. The van der Waals surface area contributed by atoms with Crippen molar-refractivity contribution in [3.8, 4) is 12.1 Å². The Morgan fingerprint density at radius 1 is 0.667 bits per heavy atom. The number of anilines is 2. The lowest BCUT2D eigenvalue weighted by atomic mass is 9.82. The fraction of sp³-hybridized carbons (Fsp3) is 0.300. The third kappa shape index (κ3) is 3.67. The summed E-state index contributed by atoms with van der Waals surface area (Å²) in [5.41, 5.74) is 4.13. The number of hydrogen-bond donors (Lipinski definition) is 0. The van der Waals surface area contributed by atoms with Gasteiger partial charge in [-0.15, -0.1) is 0 Å². The minimum Gasteiger partial charge on any atom is -0.378 e. The van der Waals surface area contributed by atoms with Gasteiger partial charge in [-0.2, -0.15) is 10.5 Å². The van der Waals surface area contributed by atoms with E-state index in [-0.39, 0.29) is 5.92 Å². The van der Waals surface area contributed by atoms with Crippen molar-refractivity contribution in [2.24, 2.45) is 5.92 Å². The summed E-state index contributed by atoms with van der Waals surface area (Å²) in [6.45, 7) is 0. The predicted octanol–water partition coefficient (Wildman–Crippen LogP) is 3.61. The Hall–Kier alpha value is -2.98. The molecule has 0 saturated heterocycles. The molecule has 2 aromatic carbocycles. The Bertz CT molecular complexity index is 681. The van der Waals surface area contributed by atoms with Crippen LogP contribution in [0.3, 0.4) is 0 Å². The molecule has 0 aliphatic carbocycles. The Morgan fingerprint density at radius 2 is 1.00 bits per heavy atom. The van der Waals surface area contributed by atoms with Gasteiger partial charge in [-0.05, 0) is 35.4 Å². The van der Waals surface area contributed by atoms with Gasteiger partial charge in [0.1, 0.15) is 5.92 Å².